The van der Waals surface area contributed by atoms with E-state index in [1.54, 1.807) is 12.4 Å². The predicted molar refractivity (Wildman–Crippen MR) is 75.1 cm³/mol. The summed E-state index contributed by atoms with van der Waals surface area (Å²) in [5.74, 6) is 0.783. The van der Waals surface area contributed by atoms with E-state index in [0.717, 1.165) is 16.6 Å². The topological polar surface area (TPSA) is 42.9 Å². The number of fused-ring (bicyclic) bond motifs is 1. The van der Waals surface area contributed by atoms with Crippen molar-refractivity contribution in [2.75, 3.05) is 0 Å². The zero-order chi connectivity index (χ0) is 13.1. The Balaban J connectivity index is 1.85. The van der Waals surface area contributed by atoms with Gasteiger partial charge in [0.05, 0.1) is 11.0 Å². The molecule has 1 saturated carbocycles. The molecule has 0 bridgehead atoms. The molecule has 1 aliphatic rings. The molecule has 0 spiro atoms. The highest BCUT2D eigenvalue weighted by Gasteiger charge is 2.19. The first kappa shape index (κ1) is 12.3. The third kappa shape index (κ3) is 2.65. The van der Waals surface area contributed by atoms with Crippen LogP contribution in [-0.2, 0) is 0 Å². The van der Waals surface area contributed by atoms with Crippen LogP contribution in [0.4, 0.5) is 0 Å². The standard InChI is InChI=1S/C16H18N2O/c19-15(11-12-5-2-1-3-6-12)13-7-4-8-14-16(13)18-10-9-17-14/h4,7-10,12H,1-3,5-6,11H2. The first-order valence-corrected chi connectivity index (χ1v) is 7.07. The van der Waals surface area contributed by atoms with E-state index < -0.39 is 0 Å². The minimum Gasteiger partial charge on any atom is -0.294 e. The lowest BCUT2D eigenvalue weighted by Gasteiger charge is -2.20. The van der Waals surface area contributed by atoms with Crippen molar-refractivity contribution < 1.29 is 4.79 Å². The fourth-order valence-electron chi connectivity index (χ4n) is 2.98. The number of nitrogens with zero attached hydrogens (tertiary/aromatic N) is 2. The van der Waals surface area contributed by atoms with Crippen molar-refractivity contribution in [3.8, 4) is 0 Å². The number of hydrogen-bond donors (Lipinski definition) is 0. The van der Waals surface area contributed by atoms with Gasteiger partial charge in [-0.3, -0.25) is 14.8 Å². The molecular weight excluding hydrogens is 236 g/mol. The van der Waals surface area contributed by atoms with E-state index in [1.807, 2.05) is 18.2 Å². The summed E-state index contributed by atoms with van der Waals surface area (Å²) in [6.45, 7) is 0. The number of carbonyl (C=O) groups excluding carboxylic acids is 1. The average molecular weight is 254 g/mol. The predicted octanol–water partition coefficient (Wildman–Crippen LogP) is 3.78. The third-order valence-corrected chi connectivity index (χ3v) is 4.00. The molecule has 0 aliphatic heterocycles. The molecule has 0 N–H and O–H groups in total. The maximum Gasteiger partial charge on any atom is 0.165 e. The maximum absolute atomic E-state index is 12.5. The summed E-state index contributed by atoms with van der Waals surface area (Å²) in [5, 5.41) is 0. The third-order valence-electron chi connectivity index (χ3n) is 4.00. The van der Waals surface area contributed by atoms with Crippen LogP contribution in [-0.4, -0.2) is 15.8 Å². The molecular formula is C16H18N2O. The molecule has 1 heterocycles. The summed E-state index contributed by atoms with van der Waals surface area (Å²) in [7, 11) is 0. The number of Topliss-reactive ketones (excluding diaryl/α,β-unsaturated/α-hetero) is 1. The number of rotatable bonds is 3. The van der Waals surface area contributed by atoms with E-state index in [4.69, 9.17) is 0 Å². The van der Waals surface area contributed by atoms with Crippen LogP contribution in [0.3, 0.4) is 0 Å². The SMILES string of the molecule is O=C(CC1CCCCC1)c1cccc2nccnc12. The van der Waals surface area contributed by atoms with Crippen molar-refractivity contribution in [1.82, 2.24) is 9.97 Å². The van der Waals surface area contributed by atoms with Gasteiger partial charge in [0.2, 0.25) is 0 Å². The lowest BCUT2D eigenvalue weighted by molar-refractivity contribution is 0.0951. The lowest BCUT2D eigenvalue weighted by atomic mass is 9.84. The second kappa shape index (κ2) is 5.47. The van der Waals surface area contributed by atoms with Gasteiger partial charge in [0.25, 0.3) is 0 Å². The summed E-state index contributed by atoms with van der Waals surface area (Å²) in [4.78, 5) is 21.0. The molecule has 2 aromatic rings. The Hall–Kier alpha value is -1.77. The molecule has 0 atom stereocenters. The van der Waals surface area contributed by atoms with Gasteiger partial charge in [0.15, 0.2) is 5.78 Å². The number of aromatic nitrogens is 2. The number of para-hydroxylation sites is 1. The molecule has 3 nitrogen and oxygen atoms in total. The van der Waals surface area contributed by atoms with Crippen molar-refractivity contribution in [1.29, 1.82) is 0 Å². The Labute approximate surface area is 113 Å². The van der Waals surface area contributed by atoms with E-state index in [1.165, 1.54) is 32.1 Å². The van der Waals surface area contributed by atoms with Crippen LogP contribution in [0.25, 0.3) is 11.0 Å². The molecule has 0 unspecified atom stereocenters. The monoisotopic (exact) mass is 254 g/mol. The highest BCUT2D eigenvalue weighted by atomic mass is 16.1. The summed E-state index contributed by atoms with van der Waals surface area (Å²) in [6, 6.07) is 5.67. The summed E-state index contributed by atoms with van der Waals surface area (Å²) >= 11 is 0. The van der Waals surface area contributed by atoms with Crippen LogP contribution in [0.1, 0.15) is 48.9 Å². The Kier molecular flexibility index (Phi) is 3.53. The average Bonchev–Trinajstić information content (AvgIpc) is 2.47. The zero-order valence-corrected chi connectivity index (χ0v) is 11.0. The summed E-state index contributed by atoms with van der Waals surface area (Å²) in [6.07, 6.45) is 10.2. The Bertz CT molecular complexity index is 583. The van der Waals surface area contributed by atoms with Gasteiger partial charge < -0.3 is 0 Å². The highest BCUT2D eigenvalue weighted by molar-refractivity contribution is 6.05. The van der Waals surface area contributed by atoms with Gasteiger partial charge in [0, 0.05) is 24.4 Å². The van der Waals surface area contributed by atoms with Gasteiger partial charge in [-0.15, -0.1) is 0 Å². The van der Waals surface area contributed by atoms with Gasteiger partial charge in [-0.05, 0) is 18.1 Å². The van der Waals surface area contributed by atoms with Gasteiger partial charge >= 0.3 is 0 Å². The quantitative estimate of drug-likeness (QED) is 0.783. The zero-order valence-electron chi connectivity index (χ0n) is 11.0. The summed E-state index contributed by atoms with van der Waals surface area (Å²) in [5.41, 5.74) is 2.28. The molecule has 0 amide bonds. The molecule has 98 valence electrons. The van der Waals surface area contributed by atoms with Crippen molar-refractivity contribution in [3.63, 3.8) is 0 Å². The van der Waals surface area contributed by atoms with Gasteiger partial charge in [-0.1, -0.05) is 38.2 Å². The fourth-order valence-corrected chi connectivity index (χ4v) is 2.98. The van der Waals surface area contributed by atoms with Crippen molar-refractivity contribution in [2.24, 2.45) is 5.92 Å². The molecule has 0 radical (unpaired) electrons. The second-order valence-electron chi connectivity index (χ2n) is 5.36. The molecule has 3 rings (SSSR count). The fraction of sp³-hybridized carbons (Fsp3) is 0.438. The van der Waals surface area contributed by atoms with Crippen LogP contribution in [0, 0.1) is 5.92 Å². The Morgan fingerprint density at radius 2 is 1.89 bits per heavy atom. The van der Waals surface area contributed by atoms with E-state index in [0.29, 0.717) is 12.3 Å². The Morgan fingerprint density at radius 1 is 1.11 bits per heavy atom. The summed E-state index contributed by atoms with van der Waals surface area (Å²) < 4.78 is 0. The molecule has 1 aromatic carbocycles. The molecule has 1 aliphatic carbocycles. The minimum atomic E-state index is 0.220. The van der Waals surface area contributed by atoms with Gasteiger partial charge in [-0.25, -0.2) is 0 Å². The lowest BCUT2D eigenvalue weighted by Crippen LogP contribution is -2.12. The van der Waals surface area contributed by atoms with Crippen molar-refractivity contribution in [3.05, 3.63) is 36.2 Å². The normalized spacial score (nSPS) is 16.6. The Morgan fingerprint density at radius 3 is 2.74 bits per heavy atom. The van der Waals surface area contributed by atoms with Crippen LogP contribution in [0.5, 0.6) is 0 Å². The van der Waals surface area contributed by atoms with E-state index in [-0.39, 0.29) is 5.78 Å². The van der Waals surface area contributed by atoms with Gasteiger partial charge in [-0.2, -0.15) is 0 Å². The maximum atomic E-state index is 12.5. The largest absolute Gasteiger partial charge is 0.294 e. The first-order chi connectivity index (χ1) is 9.34. The van der Waals surface area contributed by atoms with Crippen LogP contribution in [0.15, 0.2) is 30.6 Å². The smallest absolute Gasteiger partial charge is 0.165 e. The van der Waals surface area contributed by atoms with E-state index >= 15 is 0 Å². The molecule has 0 saturated heterocycles. The van der Waals surface area contributed by atoms with Crippen molar-refractivity contribution >= 4 is 16.8 Å². The number of ketones is 1. The van der Waals surface area contributed by atoms with Crippen LogP contribution >= 0.6 is 0 Å². The van der Waals surface area contributed by atoms with E-state index in [2.05, 4.69) is 9.97 Å². The number of carbonyl (C=O) groups is 1. The van der Waals surface area contributed by atoms with E-state index in [9.17, 15) is 4.79 Å². The second-order valence-corrected chi connectivity index (χ2v) is 5.36. The minimum absolute atomic E-state index is 0.220. The van der Waals surface area contributed by atoms with Crippen LogP contribution < -0.4 is 0 Å². The molecule has 3 heteroatoms. The molecule has 1 aromatic heterocycles. The first-order valence-electron chi connectivity index (χ1n) is 7.07. The molecule has 1 fully saturated rings. The highest BCUT2D eigenvalue weighted by Crippen LogP contribution is 2.28. The van der Waals surface area contributed by atoms with Crippen LogP contribution in [0.2, 0.25) is 0 Å². The molecule has 19 heavy (non-hydrogen) atoms. The van der Waals surface area contributed by atoms with Gasteiger partial charge in [0.1, 0.15) is 0 Å². The number of benzene rings is 1. The van der Waals surface area contributed by atoms with Crippen molar-refractivity contribution in [2.45, 2.75) is 38.5 Å². The number of hydrogen-bond acceptors (Lipinski definition) is 3.